The average Bonchev–Trinajstić information content (AvgIpc) is 2.04. The number of hydrogen-bond acceptors (Lipinski definition) is 3. The molecule has 0 atom stereocenters. The molecule has 0 unspecified atom stereocenters. The van der Waals surface area contributed by atoms with Crippen molar-refractivity contribution in [2.24, 2.45) is 5.41 Å². The van der Waals surface area contributed by atoms with E-state index in [1.807, 2.05) is 0 Å². The van der Waals surface area contributed by atoms with Gasteiger partial charge in [-0.05, 0) is 0 Å². The molecule has 0 N–H and O–H groups in total. The Hall–Kier alpha value is 0.600. The maximum absolute atomic E-state index is 10.9. The molecule has 0 fully saturated rings. The van der Waals surface area contributed by atoms with Crippen molar-refractivity contribution < 1.29 is 14.3 Å². The Balaban J connectivity index is 0. The van der Waals surface area contributed by atoms with Crippen molar-refractivity contribution in [3.8, 4) is 0 Å². The molecule has 0 saturated carbocycles. The lowest BCUT2D eigenvalue weighted by molar-refractivity contribution is -0.155. The van der Waals surface area contributed by atoms with Gasteiger partial charge in [-0.25, -0.2) is 4.79 Å². The maximum Gasteiger partial charge on any atom is 0.374 e. The molecule has 0 amide bonds. The third kappa shape index (κ3) is 6.15. The number of esters is 1. The molecular weight excluding hydrogens is 386 g/mol. The molecule has 0 saturated heterocycles. The summed E-state index contributed by atoms with van der Waals surface area (Å²) < 4.78 is 4.25. The van der Waals surface area contributed by atoms with E-state index in [0.29, 0.717) is 0 Å². The largest absolute Gasteiger partial charge is 0.463 e. The van der Waals surface area contributed by atoms with Crippen molar-refractivity contribution in [3.63, 3.8) is 0 Å². The SMILES string of the molecule is COC(=O)C(=O)C(C)(C)C.II. The van der Waals surface area contributed by atoms with Gasteiger partial charge < -0.3 is 4.74 Å². The Morgan fingerprint density at radius 2 is 1.50 bits per heavy atom. The van der Waals surface area contributed by atoms with Crippen molar-refractivity contribution in [1.82, 2.24) is 0 Å². The number of rotatable bonds is 1. The molecule has 72 valence electrons. The number of carbonyl (C=O) groups excluding carboxylic acids is 2. The number of hydrogen-bond donors (Lipinski definition) is 0. The first-order valence-electron chi connectivity index (χ1n) is 3.16. The van der Waals surface area contributed by atoms with Crippen LogP contribution in [0.25, 0.3) is 0 Å². The van der Waals surface area contributed by atoms with Gasteiger partial charge in [0.15, 0.2) is 0 Å². The summed E-state index contributed by atoms with van der Waals surface area (Å²) >= 11 is 4.24. The number of Topliss-reactive ketones (excluding diaryl/α,β-unsaturated/α-hetero) is 1. The van der Waals surface area contributed by atoms with Crippen molar-refractivity contribution in [3.05, 3.63) is 0 Å². The third-order valence-corrected chi connectivity index (χ3v) is 1.05. The van der Waals surface area contributed by atoms with Crippen molar-refractivity contribution in [1.29, 1.82) is 0 Å². The van der Waals surface area contributed by atoms with Gasteiger partial charge in [-0.15, -0.1) is 0 Å². The molecule has 0 aliphatic heterocycles. The molecule has 0 spiro atoms. The van der Waals surface area contributed by atoms with Gasteiger partial charge in [0.1, 0.15) is 0 Å². The number of ether oxygens (including phenoxy) is 1. The third-order valence-electron chi connectivity index (χ3n) is 1.05. The summed E-state index contributed by atoms with van der Waals surface area (Å²) in [6.45, 7) is 5.02. The minimum Gasteiger partial charge on any atom is -0.463 e. The van der Waals surface area contributed by atoms with E-state index in [1.54, 1.807) is 20.8 Å². The topological polar surface area (TPSA) is 43.4 Å². The Labute approximate surface area is 95.9 Å². The van der Waals surface area contributed by atoms with Crippen LogP contribution >= 0.6 is 37.2 Å². The molecule has 12 heavy (non-hydrogen) atoms. The van der Waals surface area contributed by atoms with E-state index in [2.05, 4.69) is 42.0 Å². The molecule has 5 heteroatoms. The van der Waals surface area contributed by atoms with E-state index >= 15 is 0 Å². The van der Waals surface area contributed by atoms with E-state index in [-0.39, 0.29) is 0 Å². The molecule has 0 aliphatic rings. The summed E-state index contributed by atoms with van der Waals surface area (Å²) in [5, 5.41) is 0. The Kier molecular flexibility index (Phi) is 8.86. The van der Waals surface area contributed by atoms with Crippen LogP contribution in [0.5, 0.6) is 0 Å². The summed E-state index contributed by atoms with van der Waals surface area (Å²) in [4.78, 5) is 21.5. The zero-order chi connectivity index (χ0) is 10.4. The van der Waals surface area contributed by atoms with Crippen LogP contribution in [-0.4, -0.2) is 18.9 Å². The van der Waals surface area contributed by atoms with Gasteiger partial charge in [0, 0.05) is 42.6 Å². The van der Waals surface area contributed by atoms with E-state index < -0.39 is 17.2 Å². The second-order valence-corrected chi connectivity index (χ2v) is 3.07. The molecule has 0 heterocycles. The number of halogens is 2. The highest BCUT2D eigenvalue weighted by atomic mass is 128. The molecule has 0 rings (SSSR count). The van der Waals surface area contributed by atoms with Gasteiger partial charge in [0.2, 0.25) is 5.78 Å². The molecule has 0 bridgehead atoms. The summed E-state index contributed by atoms with van der Waals surface area (Å²) in [6.07, 6.45) is 0. The molecular formula is C7H12I2O3. The van der Waals surface area contributed by atoms with Crippen LogP contribution in [0.15, 0.2) is 0 Å². The monoisotopic (exact) mass is 398 g/mol. The smallest absolute Gasteiger partial charge is 0.374 e. The Morgan fingerprint density at radius 3 is 1.58 bits per heavy atom. The summed E-state index contributed by atoms with van der Waals surface area (Å²) in [5.41, 5.74) is -0.632. The van der Waals surface area contributed by atoms with E-state index in [4.69, 9.17) is 0 Å². The van der Waals surface area contributed by atoms with Crippen LogP contribution < -0.4 is 0 Å². The molecule has 0 aromatic rings. The molecule has 0 radical (unpaired) electrons. The summed E-state index contributed by atoms with van der Waals surface area (Å²) in [7, 11) is 1.20. The van der Waals surface area contributed by atoms with E-state index in [9.17, 15) is 9.59 Å². The maximum atomic E-state index is 10.9. The lowest BCUT2D eigenvalue weighted by Crippen LogP contribution is -2.29. The first-order chi connectivity index (χ1) is 5.39. The number of carbonyl (C=O) groups is 2. The second kappa shape index (κ2) is 7.05. The van der Waals surface area contributed by atoms with Gasteiger partial charge in [0.05, 0.1) is 7.11 Å². The lowest BCUT2D eigenvalue weighted by Gasteiger charge is -2.13. The molecule has 0 aliphatic carbocycles. The normalized spacial score (nSPS) is 9.50. The van der Waals surface area contributed by atoms with Gasteiger partial charge in [-0.3, -0.25) is 4.79 Å². The van der Waals surface area contributed by atoms with Gasteiger partial charge >= 0.3 is 5.97 Å². The van der Waals surface area contributed by atoms with Gasteiger partial charge in [-0.2, -0.15) is 0 Å². The highest BCUT2D eigenvalue weighted by Gasteiger charge is 2.28. The Bertz CT molecular complexity index is 161. The summed E-state index contributed by atoms with van der Waals surface area (Å²) in [6, 6.07) is 0. The van der Waals surface area contributed by atoms with Crippen LogP contribution in [0.4, 0.5) is 0 Å². The van der Waals surface area contributed by atoms with Gasteiger partial charge in [-0.1, -0.05) is 20.8 Å². The van der Waals surface area contributed by atoms with Crippen LogP contribution in [0.3, 0.4) is 0 Å². The first-order valence-corrected chi connectivity index (χ1v) is 9.45. The molecule has 0 aromatic carbocycles. The second-order valence-electron chi connectivity index (χ2n) is 3.07. The van der Waals surface area contributed by atoms with Crippen LogP contribution in [0.1, 0.15) is 20.8 Å². The van der Waals surface area contributed by atoms with Crippen molar-refractivity contribution in [2.75, 3.05) is 7.11 Å². The fraction of sp³-hybridized carbons (Fsp3) is 0.714. The number of methoxy groups -OCH3 is 1. The standard InChI is InChI=1S/C7H12O3.I2/c1-7(2,3)5(8)6(9)10-4;1-2/h1-4H3;. The lowest BCUT2D eigenvalue weighted by atomic mass is 9.91. The first kappa shape index (κ1) is 15.1. The predicted molar refractivity (Wildman–Crippen MR) is 64.5 cm³/mol. The van der Waals surface area contributed by atoms with Crippen molar-refractivity contribution >= 4 is 49.0 Å². The van der Waals surface area contributed by atoms with Crippen LogP contribution in [-0.2, 0) is 14.3 Å². The van der Waals surface area contributed by atoms with Gasteiger partial charge in [0.25, 0.3) is 0 Å². The summed E-state index contributed by atoms with van der Waals surface area (Å²) in [5.74, 6) is -1.26. The highest BCUT2D eigenvalue weighted by molar-refractivity contribution is 15.0. The Morgan fingerprint density at radius 1 is 1.17 bits per heavy atom. The highest BCUT2D eigenvalue weighted by Crippen LogP contribution is 2.14. The average molecular weight is 398 g/mol. The fourth-order valence-electron chi connectivity index (χ4n) is 0.399. The molecule has 3 nitrogen and oxygen atoms in total. The fourth-order valence-corrected chi connectivity index (χ4v) is 0.399. The zero-order valence-corrected chi connectivity index (χ0v) is 11.8. The van der Waals surface area contributed by atoms with E-state index in [1.165, 1.54) is 7.11 Å². The van der Waals surface area contributed by atoms with Crippen LogP contribution in [0, 0.1) is 5.41 Å². The van der Waals surface area contributed by atoms with E-state index in [0.717, 1.165) is 0 Å². The molecule has 0 aromatic heterocycles. The van der Waals surface area contributed by atoms with Crippen LogP contribution in [0.2, 0.25) is 0 Å². The zero-order valence-electron chi connectivity index (χ0n) is 7.48. The minimum absolute atomic E-state index is 0.491. The number of ketones is 1. The predicted octanol–water partition coefficient (Wildman–Crippen LogP) is 2.55. The minimum atomic E-state index is -0.771. The van der Waals surface area contributed by atoms with Crippen molar-refractivity contribution in [2.45, 2.75) is 20.8 Å². The quantitative estimate of drug-likeness (QED) is 0.388.